The van der Waals surface area contributed by atoms with Crippen molar-refractivity contribution in [3.05, 3.63) is 29.6 Å². The van der Waals surface area contributed by atoms with Gasteiger partial charge in [0, 0.05) is 19.3 Å². The minimum Gasteiger partial charge on any atom is -0.389 e. The molecule has 0 bridgehead atoms. The SMILES string of the molecule is CCc1cccnc1CNCC1(O)CCCCCC1. The molecule has 0 unspecified atom stereocenters. The second-order valence-corrected chi connectivity index (χ2v) is 5.70. The van der Waals surface area contributed by atoms with Crippen LogP contribution in [0.2, 0.25) is 0 Å². The number of hydrogen-bond donors (Lipinski definition) is 2. The van der Waals surface area contributed by atoms with E-state index < -0.39 is 5.60 Å². The van der Waals surface area contributed by atoms with E-state index in [1.54, 1.807) is 0 Å². The molecule has 1 saturated carbocycles. The first kappa shape index (κ1) is 14.5. The fourth-order valence-corrected chi connectivity index (χ4v) is 2.93. The lowest BCUT2D eigenvalue weighted by atomic mass is 9.94. The van der Waals surface area contributed by atoms with Gasteiger partial charge in [0.25, 0.3) is 0 Å². The monoisotopic (exact) mass is 262 g/mol. The largest absolute Gasteiger partial charge is 0.389 e. The molecule has 1 aliphatic rings. The van der Waals surface area contributed by atoms with Gasteiger partial charge in [0.05, 0.1) is 11.3 Å². The topological polar surface area (TPSA) is 45.2 Å². The molecule has 1 aliphatic carbocycles. The Morgan fingerprint density at radius 1 is 1.26 bits per heavy atom. The number of pyridine rings is 1. The first-order valence-electron chi connectivity index (χ1n) is 7.59. The lowest BCUT2D eigenvalue weighted by Gasteiger charge is -2.27. The Morgan fingerprint density at radius 3 is 2.68 bits per heavy atom. The zero-order chi connectivity index (χ0) is 13.6. The van der Waals surface area contributed by atoms with E-state index in [0.29, 0.717) is 6.54 Å². The third-order valence-electron chi connectivity index (χ3n) is 4.15. The number of nitrogens with zero attached hydrogens (tertiary/aromatic N) is 1. The summed E-state index contributed by atoms with van der Waals surface area (Å²) in [5.41, 5.74) is 1.91. The highest BCUT2D eigenvalue weighted by Crippen LogP contribution is 2.26. The number of nitrogens with one attached hydrogen (secondary N) is 1. The summed E-state index contributed by atoms with van der Waals surface area (Å²) in [5.74, 6) is 0. The highest BCUT2D eigenvalue weighted by Gasteiger charge is 2.27. The molecule has 3 heteroatoms. The number of aryl methyl sites for hydroxylation is 1. The highest BCUT2D eigenvalue weighted by atomic mass is 16.3. The van der Waals surface area contributed by atoms with E-state index in [0.717, 1.165) is 44.3 Å². The van der Waals surface area contributed by atoms with Crippen molar-refractivity contribution in [3.8, 4) is 0 Å². The van der Waals surface area contributed by atoms with Crippen molar-refractivity contribution in [1.82, 2.24) is 10.3 Å². The maximum atomic E-state index is 10.6. The summed E-state index contributed by atoms with van der Waals surface area (Å²) >= 11 is 0. The van der Waals surface area contributed by atoms with E-state index in [1.807, 2.05) is 12.3 Å². The van der Waals surface area contributed by atoms with Crippen molar-refractivity contribution in [3.63, 3.8) is 0 Å². The van der Waals surface area contributed by atoms with Gasteiger partial charge < -0.3 is 10.4 Å². The van der Waals surface area contributed by atoms with Crippen LogP contribution in [0.5, 0.6) is 0 Å². The minimum absolute atomic E-state index is 0.502. The molecule has 0 aromatic carbocycles. The summed E-state index contributed by atoms with van der Waals surface area (Å²) < 4.78 is 0. The first-order valence-corrected chi connectivity index (χ1v) is 7.59. The van der Waals surface area contributed by atoms with Crippen LogP contribution in [0.1, 0.15) is 56.7 Å². The van der Waals surface area contributed by atoms with Gasteiger partial charge in [0.15, 0.2) is 0 Å². The maximum absolute atomic E-state index is 10.6. The first-order chi connectivity index (χ1) is 9.23. The Balaban J connectivity index is 1.85. The van der Waals surface area contributed by atoms with E-state index in [9.17, 15) is 5.11 Å². The molecule has 106 valence electrons. The van der Waals surface area contributed by atoms with Crippen molar-refractivity contribution in [2.45, 2.75) is 64.0 Å². The summed E-state index contributed by atoms with van der Waals surface area (Å²) in [7, 11) is 0. The van der Waals surface area contributed by atoms with Crippen molar-refractivity contribution in [1.29, 1.82) is 0 Å². The zero-order valence-corrected chi connectivity index (χ0v) is 12.0. The van der Waals surface area contributed by atoms with Gasteiger partial charge in [-0.05, 0) is 30.9 Å². The molecule has 0 saturated heterocycles. The van der Waals surface area contributed by atoms with Gasteiger partial charge in [-0.3, -0.25) is 4.98 Å². The average Bonchev–Trinajstić information content (AvgIpc) is 2.64. The third-order valence-corrected chi connectivity index (χ3v) is 4.15. The van der Waals surface area contributed by atoms with Crippen molar-refractivity contribution in [2.75, 3.05) is 6.54 Å². The van der Waals surface area contributed by atoms with Crippen LogP contribution < -0.4 is 5.32 Å². The summed E-state index contributed by atoms with van der Waals surface area (Å²) in [6.07, 6.45) is 9.56. The molecule has 1 aromatic heterocycles. The van der Waals surface area contributed by atoms with Gasteiger partial charge in [-0.1, -0.05) is 38.7 Å². The van der Waals surface area contributed by atoms with Crippen LogP contribution >= 0.6 is 0 Å². The van der Waals surface area contributed by atoms with E-state index in [1.165, 1.54) is 18.4 Å². The van der Waals surface area contributed by atoms with Crippen molar-refractivity contribution >= 4 is 0 Å². The third kappa shape index (κ3) is 4.29. The number of aliphatic hydroxyl groups is 1. The van der Waals surface area contributed by atoms with Crippen LogP contribution in [0, 0.1) is 0 Å². The normalized spacial score (nSPS) is 19.1. The van der Waals surface area contributed by atoms with Gasteiger partial charge in [-0.25, -0.2) is 0 Å². The second-order valence-electron chi connectivity index (χ2n) is 5.70. The Hall–Kier alpha value is -0.930. The van der Waals surface area contributed by atoms with E-state index in [-0.39, 0.29) is 0 Å². The quantitative estimate of drug-likeness (QED) is 0.802. The Labute approximate surface area is 116 Å². The zero-order valence-electron chi connectivity index (χ0n) is 12.0. The standard InChI is InChI=1S/C16H26N2O/c1-2-14-8-7-11-18-15(14)12-17-13-16(19)9-5-3-4-6-10-16/h7-8,11,17,19H,2-6,9-10,12-13H2,1H3. The predicted octanol–water partition coefficient (Wildman–Crippen LogP) is 2.82. The molecular weight excluding hydrogens is 236 g/mol. The van der Waals surface area contributed by atoms with E-state index in [4.69, 9.17) is 0 Å². The number of rotatable bonds is 5. The fraction of sp³-hybridized carbons (Fsp3) is 0.688. The molecule has 3 nitrogen and oxygen atoms in total. The van der Waals surface area contributed by atoms with E-state index in [2.05, 4.69) is 23.3 Å². The van der Waals surface area contributed by atoms with Gasteiger partial charge in [-0.2, -0.15) is 0 Å². The molecule has 2 rings (SSSR count). The van der Waals surface area contributed by atoms with Gasteiger partial charge in [-0.15, -0.1) is 0 Å². The number of aromatic nitrogens is 1. The molecule has 0 amide bonds. The minimum atomic E-state index is -0.502. The molecule has 0 radical (unpaired) electrons. The van der Waals surface area contributed by atoms with Crippen LogP contribution in [0.15, 0.2) is 18.3 Å². The van der Waals surface area contributed by atoms with Gasteiger partial charge in [0.1, 0.15) is 0 Å². The Morgan fingerprint density at radius 2 is 2.00 bits per heavy atom. The molecule has 1 aromatic rings. The molecule has 0 spiro atoms. The molecule has 2 N–H and O–H groups in total. The number of hydrogen-bond acceptors (Lipinski definition) is 3. The van der Waals surface area contributed by atoms with Gasteiger partial charge in [0.2, 0.25) is 0 Å². The molecule has 0 aliphatic heterocycles. The maximum Gasteiger partial charge on any atom is 0.0771 e. The van der Waals surface area contributed by atoms with Gasteiger partial charge >= 0.3 is 0 Å². The summed E-state index contributed by atoms with van der Waals surface area (Å²) in [6, 6.07) is 4.12. The average molecular weight is 262 g/mol. The van der Waals surface area contributed by atoms with Crippen molar-refractivity contribution < 1.29 is 5.11 Å². The van der Waals surface area contributed by atoms with Crippen LogP contribution in [0.25, 0.3) is 0 Å². The Kier molecular flexibility index (Phi) is 5.34. The lowest BCUT2D eigenvalue weighted by molar-refractivity contribution is 0.0249. The fourth-order valence-electron chi connectivity index (χ4n) is 2.93. The smallest absolute Gasteiger partial charge is 0.0771 e. The lowest BCUT2D eigenvalue weighted by Crippen LogP contribution is -2.40. The summed E-state index contributed by atoms with van der Waals surface area (Å²) in [5, 5.41) is 14.0. The molecule has 1 heterocycles. The molecule has 0 atom stereocenters. The predicted molar refractivity (Wildman–Crippen MR) is 78.0 cm³/mol. The van der Waals surface area contributed by atoms with Crippen LogP contribution in [-0.2, 0) is 13.0 Å². The highest BCUT2D eigenvalue weighted by molar-refractivity contribution is 5.19. The Bertz CT molecular complexity index is 384. The summed E-state index contributed by atoms with van der Waals surface area (Å²) in [4.78, 5) is 4.43. The van der Waals surface area contributed by atoms with Crippen LogP contribution in [0.4, 0.5) is 0 Å². The van der Waals surface area contributed by atoms with E-state index >= 15 is 0 Å². The van der Waals surface area contributed by atoms with Crippen molar-refractivity contribution in [2.24, 2.45) is 0 Å². The molecule has 19 heavy (non-hydrogen) atoms. The molecule has 1 fully saturated rings. The second kappa shape index (κ2) is 7.01. The van der Waals surface area contributed by atoms with Crippen LogP contribution in [0.3, 0.4) is 0 Å². The molecular formula is C16H26N2O. The van der Waals surface area contributed by atoms with Crippen LogP contribution in [-0.4, -0.2) is 22.2 Å². The summed E-state index contributed by atoms with van der Waals surface area (Å²) in [6.45, 7) is 3.60.